The largest absolute Gasteiger partial charge is 0.497 e. The minimum Gasteiger partial charge on any atom is -0.497 e. The van der Waals surface area contributed by atoms with Crippen molar-refractivity contribution in [2.24, 2.45) is 5.10 Å². The van der Waals surface area contributed by atoms with E-state index in [1.165, 1.54) is 11.8 Å². The molecule has 2 heterocycles. The Labute approximate surface area is 185 Å². The number of hydrogen-bond donors (Lipinski definition) is 1. The van der Waals surface area contributed by atoms with Crippen LogP contribution in [0.2, 0.25) is 0 Å². The predicted octanol–water partition coefficient (Wildman–Crippen LogP) is 3.85. The Bertz CT molecular complexity index is 1080. The zero-order valence-electron chi connectivity index (χ0n) is 17.4. The standard InChI is InChI=1S/C23H23N5O2S/c1-15-12-21(24)26-23(25-15)31-14-22(29)28-20(17-8-10-18(30-2)11-9-17)13-19(27-28)16-6-4-3-5-7-16/h3-12,20H,13-14H2,1-2H3,(H2,24,25,26)/t20-/m1/s1. The van der Waals surface area contributed by atoms with Crippen molar-refractivity contribution in [3.63, 3.8) is 0 Å². The Morgan fingerprint density at radius 1 is 1.16 bits per heavy atom. The molecule has 1 amide bonds. The van der Waals surface area contributed by atoms with Gasteiger partial charge >= 0.3 is 0 Å². The fourth-order valence-corrected chi connectivity index (χ4v) is 4.22. The summed E-state index contributed by atoms with van der Waals surface area (Å²) < 4.78 is 5.27. The first kappa shape index (κ1) is 20.9. The van der Waals surface area contributed by atoms with Crippen LogP contribution in [0.25, 0.3) is 0 Å². The lowest BCUT2D eigenvalue weighted by Crippen LogP contribution is -2.28. The number of carbonyl (C=O) groups is 1. The Morgan fingerprint density at radius 2 is 1.90 bits per heavy atom. The van der Waals surface area contributed by atoms with Crippen LogP contribution in [0.5, 0.6) is 5.75 Å². The van der Waals surface area contributed by atoms with Crippen molar-refractivity contribution in [2.45, 2.75) is 24.5 Å². The fourth-order valence-electron chi connectivity index (χ4n) is 3.45. The molecule has 3 aromatic rings. The number of carbonyl (C=O) groups excluding carboxylic acids is 1. The summed E-state index contributed by atoms with van der Waals surface area (Å²) in [5.41, 5.74) is 9.47. The molecule has 31 heavy (non-hydrogen) atoms. The van der Waals surface area contributed by atoms with Gasteiger partial charge in [-0.3, -0.25) is 4.79 Å². The molecule has 4 rings (SSSR count). The third-order valence-corrected chi connectivity index (χ3v) is 5.78. The van der Waals surface area contributed by atoms with Crippen molar-refractivity contribution in [1.82, 2.24) is 15.0 Å². The number of methoxy groups -OCH3 is 1. The number of hydrogen-bond acceptors (Lipinski definition) is 7. The van der Waals surface area contributed by atoms with E-state index in [-0.39, 0.29) is 17.7 Å². The number of aromatic nitrogens is 2. The fraction of sp³-hybridized carbons (Fsp3) is 0.217. The molecular weight excluding hydrogens is 410 g/mol. The molecule has 2 aromatic carbocycles. The van der Waals surface area contributed by atoms with Gasteiger partial charge in [-0.05, 0) is 30.2 Å². The molecule has 1 aliphatic rings. The summed E-state index contributed by atoms with van der Waals surface area (Å²) in [6, 6.07) is 19.2. The second-order valence-electron chi connectivity index (χ2n) is 7.15. The van der Waals surface area contributed by atoms with E-state index in [1.54, 1.807) is 18.2 Å². The summed E-state index contributed by atoms with van der Waals surface area (Å²) in [6.07, 6.45) is 0.640. The summed E-state index contributed by atoms with van der Waals surface area (Å²) in [5, 5.41) is 6.76. The van der Waals surface area contributed by atoms with Gasteiger partial charge in [0.2, 0.25) is 0 Å². The second-order valence-corrected chi connectivity index (χ2v) is 8.09. The SMILES string of the molecule is COc1ccc([C@H]2CC(c3ccccc3)=NN2C(=O)CSc2nc(C)cc(N)n2)cc1. The quantitative estimate of drug-likeness (QED) is 0.469. The number of nitrogens with zero attached hydrogens (tertiary/aromatic N) is 4. The number of amides is 1. The lowest BCUT2D eigenvalue weighted by Gasteiger charge is -2.22. The van der Waals surface area contributed by atoms with Gasteiger partial charge in [-0.15, -0.1) is 0 Å². The molecule has 0 saturated carbocycles. The van der Waals surface area contributed by atoms with Gasteiger partial charge in [-0.2, -0.15) is 5.10 Å². The molecule has 0 radical (unpaired) electrons. The zero-order chi connectivity index (χ0) is 21.8. The molecule has 7 nitrogen and oxygen atoms in total. The molecule has 0 spiro atoms. The van der Waals surface area contributed by atoms with Gasteiger partial charge in [0.05, 0.1) is 24.6 Å². The first-order valence-electron chi connectivity index (χ1n) is 9.86. The van der Waals surface area contributed by atoms with Gasteiger partial charge in [-0.1, -0.05) is 54.2 Å². The Hall–Kier alpha value is -3.39. The highest BCUT2D eigenvalue weighted by atomic mass is 32.2. The molecule has 0 unspecified atom stereocenters. The molecule has 0 bridgehead atoms. The Kier molecular flexibility index (Phi) is 6.18. The number of benzene rings is 2. The van der Waals surface area contributed by atoms with Crippen molar-refractivity contribution >= 4 is 29.2 Å². The first-order valence-corrected chi connectivity index (χ1v) is 10.8. The molecular formula is C23H23N5O2S. The minimum absolute atomic E-state index is 0.111. The highest BCUT2D eigenvalue weighted by Gasteiger charge is 2.33. The number of anilines is 1. The van der Waals surface area contributed by atoms with Crippen molar-refractivity contribution in [3.05, 3.63) is 77.5 Å². The van der Waals surface area contributed by atoms with E-state index in [1.807, 2.05) is 61.5 Å². The molecule has 8 heteroatoms. The van der Waals surface area contributed by atoms with Crippen molar-refractivity contribution in [1.29, 1.82) is 0 Å². The number of thioether (sulfide) groups is 1. The van der Waals surface area contributed by atoms with Gasteiger partial charge in [0.15, 0.2) is 5.16 Å². The van der Waals surface area contributed by atoms with Crippen molar-refractivity contribution in [2.75, 3.05) is 18.6 Å². The summed E-state index contributed by atoms with van der Waals surface area (Å²) in [4.78, 5) is 21.7. The van der Waals surface area contributed by atoms with Crippen LogP contribution >= 0.6 is 11.8 Å². The van der Waals surface area contributed by atoms with E-state index in [2.05, 4.69) is 9.97 Å². The van der Waals surface area contributed by atoms with Crippen molar-refractivity contribution in [3.8, 4) is 5.75 Å². The lowest BCUT2D eigenvalue weighted by atomic mass is 9.98. The molecule has 1 atom stereocenters. The smallest absolute Gasteiger partial charge is 0.253 e. The summed E-state index contributed by atoms with van der Waals surface area (Å²) in [6.45, 7) is 1.85. The average molecular weight is 434 g/mol. The number of aryl methyl sites for hydroxylation is 1. The first-order chi connectivity index (χ1) is 15.0. The normalized spacial score (nSPS) is 15.6. The van der Waals surface area contributed by atoms with Crippen LogP contribution in [0.15, 0.2) is 70.9 Å². The number of nitrogen functional groups attached to an aromatic ring is 1. The van der Waals surface area contributed by atoms with Gasteiger partial charge in [0.1, 0.15) is 11.6 Å². The zero-order valence-corrected chi connectivity index (χ0v) is 18.2. The van der Waals surface area contributed by atoms with Gasteiger partial charge in [0.25, 0.3) is 5.91 Å². The van der Waals surface area contributed by atoms with E-state index in [4.69, 9.17) is 15.6 Å². The minimum atomic E-state index is -0.183. The van der Waals surface area contributed by atoms with Crippen LogP contribution in [0.1, 0.15) is 29.3 Å². The van der Waals surface area contributed by atoms with E-state index in [0.29, 0.717) is 17.4 Å². The summed E-state index contributed by atoms with van der Waals surface area (Å²) >= 11 is 1.26. The monoisotopic (exact) mass is 433 g/mol. The van der Waals surface area contributed by atoms with Crippen LogP contribution in [0.3, 0.4) is 0 Å². The van der Waals surface area contributed by atoms with Crippen LogP contribution < -0.4 is 10.5 Å². The predicted molar refractivity (Wildman–Crippen MR) is 122 cm³/mol. The molecule has 0 fully saturated rings. The van der Waals surface area contributed by atoms with Crippen molar-refractivity contribution < 1.29 is 9.53 Å². The van der Waals surface area contributed by atoms with E-state index in [0.717, 1.165) is 28.3 Å². The highest BCUT2D eigenvalue weighted by molar-refractivity contribution is 7.99. The van der Waals surface area contributed by atoms with Gasteiger partial charge < -0.3 is 10.5 Å². The Morgan fingerprint density at radius 3 is 2.58 bits per heavy atom. The molecule has 1 aromatic heterocycles. The van der Waals surface area contributed by atoms with E-state index >= 15 is 0 Å². The second kappa shape index (κ2) is 9.18. The third kappa shape index (κ3) is 4.86. The van der Waals surface area contributed by atoms with E-state index in [9.17, 15) is 4.79 Å². The number of hydrazone groups is 1. The molecule has 0 saturated heterocycles. The lowest BCUT2D eigenvalue weighted by molar-refractivity contribution is -0.130. The maximum Gasteiger partial charge on any atom is 0.253 e. The summed E-state index contributed by atoms with van der Waals surface area (Å²) in [7, 11) is 1.63. The number of nitrogens with two attached hydrogens (primary N) is 1. The maximum atomic E-state index is 13.2. The molecule has 0 aliphatic carbocycles. The molecule has 1 aliphatic heterocycles. The highest BCUT2D eigenvalue weighted by Crippen LogP contribution is 2.34. The molecule has 2 N–H and O–H groups in total. The molecule has 158 valence electrons. The summed E-state index contributed by atoms with van der Waals surface area (Å²) in [5.74, 6) is 1.22. The van der Waals surface area contributed by atoms with E-state index < -0.39 is 0 Å². The van der Waals surface area contributed by atoms with Crippen LogP contribution in [-0.2, 0) is 4.79 Å². The number of ether oxygens (including phenoxy) is 1. The van der Waals surface area contributed by atoms with Crippen LogP contribution in [0.4, 0.5) is 5.82 Å². The Balaban J connectivity index is 1.57. The average Bonchev–Trinajstić information content (AvgIpc) is 3.23. The van der Waals surface area contributed by atoms with Crippen LogP contribution in [-0.4, -0.2) is 39.5 Å². The van der Waals surface area contributed by atoms with Crippen LogP contribution in [0, 0.1) is 6.92 Å². The number of rotatable bonds is 6. The maximum absolute atomic E-state index is 13.2. The van der Waals surface area contributed by atoms with Gasteiger partial charge in [0, 0.05) is 18.2 Å². The topological polar surface area (TPSA) is 93.7 Å². The third-order valence-electron chi connectivity index (χ3n) is 4.95. The van der Waals surface area contributed by atoms with Gasteiger partial charge in [-0.25, -0.2) is 15.0 Å².